The van der Waals surface area contributed by atoms with Crippen LogP contribution in [0.4, 0.5) is 0 Å². The summed E-state index contributed by atoms with van der Waals surface area (Å²) in [5.74, 6) is 0.685. The lowest BCUT2D eigenvalue weighted by Gasteiger charge is -2.04. The smallest absolute Gasteiger partial charge is 0.187 e. The van der Waals surface area contributed by atoms with Crippen LogP contribution in [-0.4, -0.2) is 21.1 Å². The molecule has 0 radical (unpaired) electrons. The lowest BCUT2D eigenvalue weighted by atomic mass is 10.1. The van der Waals surface area contributed by atoms with Crippen LogP contribution in [0.25, 0.3) is 11.4 Å². The molecular weight excluding hydrogens is 280 g/mol. The van der Waals surface area contributed by atoms with Crippen LogP contribution < -0.4 is 0 Å². The van der Waals surface area contributed by atoms with E-state index < -0.39 is 0 Å². The first kappa shape index (κ1) is 13.6. The van der Waals surface area contributed by atoms with Crippen LogP contribution in [0.1, 0.15) is 11.1 Å². The maximum Gasteiger partial charge on any atom is 0.209 e. The maximum atomic E-state index is 4.44. The van der Waals surface area contributed by atoms with Gasteiger partial charge < -0.3 is 0 Å². The first-order chi connectivity index (χ1) is 10.3. The van der Waals surface area contributed by atoms with Crippen molar-refractivity contribution < 1.29 is 0 Å². The van der Waals surface area contributed by atoms with Crippen LogP contribution in [0, 0.1) is 6.92 Å². The Bertz CT molecular complexity index is 778. The van der Waals surface area contributed by atoms with Gasteiger partial charge in [0.1, 0.15) is 0 Å². The number of nitrogens with zero attached hydrogens (tertiary/aromatic N) is 4. The summed E-state index contributed by atoms with van der Waals surface area (Å²) in [6.45, 7) is 2.04. The molecule has 1 heterocycles. The molecule has 3 aromatic rings. The van der Waals surface area contributed by atoms with E-state index in [2.05, 4.69) is 27.9 Å². The molecule has 104 valence electrons. The molecular formula is C16H14N4S. The summed E-state index contributed by atoms with van der Waals surface area (Å²) in [6, 6.07) is 17.9. The highest BCUT2D eigenvalue weighted by Crippen LogP contribution is 2.23. The largest absolute Gasteiger partial charge is 0.209 e. The van der Waals surface area contributed by atoms with Crippen molar-refractivity contribution in [2.24, 2.45) is 5.10 Å². The molecule has 0 N–H and O–H groups in total. The minimum Gasteiger partial charge on any atom is -0.187 e. The summed E-state index contributed by atoms with van der Waals surface area (Å²) in [4.78, 5) is 0. The zero-order valence-electron chi connectivity index (χ0n) is 11.5. The number of rotatable bonds is 3. The minimum atomic E-state index is 0.459. The van der Waals surface area contributed by atoms with Gasteiger partial charge in [0.05, 0.1) is 6.21 Å². The van der Waals surface area contributed by atoms with Gasteiger partial charge in [-0.2, -0.15) is 9.78 Å². The van der Waals surface area contributed by atoms with E-state index in [1.54, 1.807) is 10.9 Å². The fraction of sp³-hybridized carbons (Fsp3) is 0.0625. The molecule has 0 atom stereocenters. The average molecular weight is 294 g/mol. The van der Waals surface area contributed by atoms with Crippen LogP contribution >= 0.6 is 12.6 Å². The lowest BCUT2D eigenvalue weighted by Crippen LogP contribution is -1.96. The Morgan fingerprint density at radius 3 is 2.48 bits per heavy atom. The average Bonchev–Trinajstić information content (AvgIpc) is 2.88. The second-order valence-electron chi connectivity index (χ2n) is 4.61. The Morgan fingerprint density at radius 2 is 1.71 bits per heavy atom. The highest BCUT2D eigenvalue weighted by Gasteiger charge is 2.12. The Balaban J connectivity index is 2.02. The van der Waals surface area contributed by atoms with Gasteiger partial charge in [0.2, 0.25) is 5.16 Å². The molecule has 1 aromatic heterocycles. The van der Waals surface area contributed by atoms with E-state index in [1.165, 1.54) is 0 Å². The molecule has 0 aliphatic carbocycles. The van der Waals surface area contributed by atoms with Gasteiger partial charge in [-0.15, -0.1) is 22.8 Å². The molecule has 0 aliphatic heterocycles. The minimum absolute atomic E-state index is 0.459. The van der Waals surface area contributed by atoms with E-state index in [1.807, 2.05) is 61.5 Å². The van der Waals surface area contributed by atoms with Gasteiger partial charge in [-0.1, -0.05) is 54.6 Å². The first-order valence-corrected chi connectivity index (χ1v) is 7.00. The summed E-state index contributed by atoms with van der Waals surface area (Å²) in [5, 5.41) is 13.1. The molecule has 0 saturated heterocycles. The molecule has 0 bridgehead atoms. The Labute approximate surface area is 128 Å². The Kier molecular flexibility index (Phi) is 3.83. The zero-order chi connectivity index (χ0) is 14.7. The molecule has 0 spiro atoms. The summed E-state index contributed by atoms with van der Waals surface area (Å²) < 4.78 is 1.64. The van der Waals surface area contributed by atoms with E-state index in [9.17, 15) is 0 Å². The molecule has 0 saturated carbocycles. The Hall–Kier alpha value is -2.40. The van der Waals surface area contributed by atoms with Crippen LogP contribution in [-0.2, 0) is 0 Å². The highest BCUT2D eigenvalue weighted by atomic mass is 32.1. The van der Waals surface area contributed by atoms with E-state index in [0.29, 0.717) is 11.0 Å². The van der Waals surface area contributed by atoms with E-state index in [4.69, 9.17) is 0 Å². The van der Waals surface area contributed by atoms with Crippen molar-refractivity contribution in [2.45, 2.75) is 12.1 Å². The fourth-order valence-electron chi connectivity index (χ4n) is 2.03. The van der Waals surface area contributed by atoms with Gasteiger partial charge in [0, 0.05) is 5.56 Å². The van der Waals surface area contributed by atoms with Gasteiger partial charge in [0.15, 0.2) is 5.82 Å². The molecule has 5 heteroatoms. The predicted molar refractivity (Wildman–Crippen MR) is 86.9 cm³/mol. The van der Waals surface area contributed by atoms with Crippen LogP contribution in [0.5, 0.6) is 0 Å². The van der Waals surface area contributed by atoms with Crippen LogP contribution in [0.2, 0.25) is 0 Å². The van der Waals surface area contributed by atoms with Crippen molar-refractivity contribution in [3.63, 3.8) is 0 Å². The topological polar surface area (TPSA) is 43.1 Å². The van der Waals surface area contributed by atoms with Gasteiger partial charge in [-0.25, -0.2) is 0 Å². The van der Waals surface area contributed by atoms with Crippen molar-refractivity contribution in [1.82, 2.24) is 14.9 Å². The number of benzene rings is 2. The molecule has 0 fully saturated rings. The standard InChI is InChI=1S/C16H14N4S/c1-12-7-5-6-10-14(12)15-18-19-16(21)20(15)17-11-13-8-3-2-4-9-13/h2-11H,1H3,(H,19,21)/b17-11+. The number of hydrogen-bond donors (Lipinski definition) is 1. The third-order valence-electron chi connectivity index (χ3n) is 3.13. The third-order valence-corrected chi connectivity index (χ3v) is 3.41. The highest BCUT2D eigenvalue weighted by molar-refractivity contribution is 7.80. The van der Waals surface area contributed by atoms with Crippen molar-refractivity contribution in [3.8, 4) is 11.4 Å². The maximum absolute atomic E-state index is 4.44. The fourth-order valence-corrected chi connectivity index (χ4v) is 2.22. The van der Waals surface area contributed by atoms with Gasteiger partial charge >= 0.3 is 0 Å². The lowest BCUT2D eigenvalue weighted by molar-refractivity contribution is 0.776. The van der Waals surface area contributed by atoms with E-state index in [-0.39, 0.29) is 0 Å². The SMILES string of the molecule is Cc1ccccc1-c1nnc(S)n1/N=C/c1ccccc1. The number of aryl methyl sites for hydroxylation is 1. The third kappa shape index (κ3) is 2.87. The van der Waals surface area contributed by atoms with Crippen molar-refractivity contribution >= 4 is 18.8 Å². The van der Waals surface area contributed by atoms with E-state index >= 15 is 0 Å². The second kappa shape index (κ2) is 5.93. The summed E-state index contributed by atoms with van der Waals surface area (Å²) >= 11 is 4.33. The Morgan fingerprint density at radius 1 is 1.00 bits per heavy atom. The molecule has 3 rings (SSSR count). The number of hydrogen-bond acceptors (Lipinski definition) is 4. The quantitative estimate of drug-likeness (QED) is 0.594. The van der Waals surface area contributed by atoms with Crippen molar-refractivity contribution in [1.29, 1.82) is 0 Å². The second-order valence-corrected chi connectivity index (χ2v) is 5.01. The van der Waals surface area contributed by atoms with E-state index in [0.717, 1.165) is 16.7 Å². The monoisotopic (exact) mass is 294 g/mol. The molecule has 0 aliphatic rings. The van der Waals surface area contributed by atoms with Crippen LogP contribution in [0.3, 0.4) is 0 Å². The zero-order valence-corrected chi connectivity index (χ0v) is 12.4. The molecule has 21 heavy (non-hydrogen) atoms. The molecule has 2 aromatic carbocycles. The van der Waals surface area contributed by atoms with Gasteiger partial charge in [0.25, 0.3) is 0 Å². The molecule has 0 unspecified atom stereocenters. The van der Waals surface area contributed by atoms with Gasteiger partial charge in [-0.05, 0) is 18.1 Å². The number of thiol groups is 1. The summed E-state index contributed by atoms with van der Waals surface area (Å²) in [7, 11) is 0. The summed E-state index contributed by atoms with van der Waals surface area (Å²) in [6.07, 6.45) is 1.77. The normalized spacial score (nSPS) is 11.1. The molecule has 4 nitrogen and oxygen atoms in total. The van der Waals surface area contributed by atoms with Crippen molar-refractivity contribution in [3.05, 3.63) is 65.7 Å². The van der Waals surface area contributed by atoms with Gasteiger partial charge in [-0.3, -0.25) is 0 Å². The number of aromatic nitrogens is 3. The predicted octanol–water partition coefficient (Wildman–Crippen LogP) is 3.42. The van der Waals surface area contributed by atoms with Crippen molar-refractivity contribution in [2.75, 3.05) is 0 Å². The summed E-state index contributed by atoms with van der Waals surface area (Å²) in [5.41, 5.74) is 3.12. The molecule has 0 amide bonds. The van der Waals surface area contributed by atoms with Crippen LogP contribution in [0.15, 0.2) is 64.9 Å². The first-order valence-electron chi connectivity index (χ1n) is 6.55.